The van der Waals surface area contributed by atoms with E-state index in [-0.39, 0.29) is 28.6 Å². The normalized spacial score (nSPS) is 38.7. The second kappa shape index (κ2) is 11.8. The van der Waals surface area contributed by atoms with Gasteiger partial charge in [0.15, 0.2) is 5.78 Å². The Morgan fingerprint density at radius 2 is 1.90 bits per heavy atom. The van der Waals surface area contributed by atoms with Gasteiger partial charge in [0.1, 0.15) is 11.5 Å². The van der Waals surface area contributed by atoms with Crippen molar-refractivity contribution >= 4 is 5.78 Å². The zero-order valence-corrected chi connectivity index (χ0v) is 27.0. The Morgan fingerprint density at radius 3 is 2.57 bits per heavy atom. The monoisotopic (exact) mass is 578 g/mol. The fourth-order valence-corrected chi connectivity index (χ4v) is 10.1. The predicted molar refractivity (Wildman–Crippen MR) is 168 cm³/mol. The fourth-order valence-electron chi connectivity index (χ4n) is 10.1. The number of carbonyl (C=O) groups excluding carboxylic acids is 1. The SMILES string of the molecule is C=C(C)[C@H]1C[C@H](O)[C@]2(C)CCC[C@@H]3[C@@H]2[C@@H]1C[C@H](C)[C@@]3(C)CC/C(C)=C/[C@@H](O)[C@H]1CCC(=O)c2c(OC)cc(OC)cc21. The first-order chi connectivity index (χ1) is 19.8. The number of benzene rings is 1. The Bertz CT molecular complexity index is 1230. The van der Waals surface area contributed by atoms with Crippen molar-refractivity contribution in [3.05, 3.63) is 47.1 Å². The molecule has 10 atom stereocenters. The van der Waals surface area contributed by atoms with E-state index in [0.29, 0.717) is 59.5 Å². The van der Waals surface area contributed by atoms with Gasteiger partial charge in [0.05, 0.1) is 32.0 Å². The molecule has 5 nitrogen and oxygen atoms in total. The van der Waals surface area contributed by atoms with Crippen molar-refractivity contribution in [1.29, 1.82) is 0 Å². The molecule has 0 amide bonds. The molecule has 3 saturated carbocycles. The van der Waals surface area contributed by atoms with Crippen LogP contribution < -0.4 is 9.47 Å². The van der Waals surface area contributed by atoms with Crippen LogP contribution >= 0.6 is 0 Å². The second-order valence-electron chi connectivity index (χ2n) is 14.9. The average molecular weight is 579 g/mol. The van der Waals surface area contributed by atoms with E-state index in [2.05, 4.69) is 41.2 Å². The van der Waals surface area contributed by atoms with Crippen LogP contribution in [0.4, 0.5) is 0 Å². The Hall–Kier alpha value is -2.11. The number of hydrogen-bond donors (Lipinski definition) is 2. The minimum Gasteiger partial charge on any atom is -0.497 e. The maximum atomic E-state index is 12.8. The van der Waals surface area contributed by atoms with Gasteiger partial charge in [-0.1, -0.05) is 51.0 Å². The number of carbonyl (C=O) groups is 1. The van der Waals surface area contributed by atoms with Gasteiger partial charge in [-0.15, -0.1) is 0 Å². The number of ether oxygens (including phenoxy) is 2. The first-order valence-corrected chi connectivity index (χ1v) is 16.3. The molecule has 0 spiro atoms. The molecule has 0 bridgehead atoms. The highest BCUT2D eigenvalue weighted by Gasteiger charge is 2.62. The van der Waals surface area contributed by atoms with Crippen molar-refractivity contribution in [3.63, 3.8) is 0 Å². The summed E-state index contributed by atoms with van der Waals surface area (Å²) in [6.07, 6.45) is 9.78. The molecular weight excluding hydrogens is 524 g/mol. The van der Waals surface area contributed by atoms with Crippen molar-refractivity contribution in [2.45, 2.75) is 111 Å². The summed E-state index contributed by atoms with van der Waals surface area (Å²) in [6.45, 7) is 16.1. The molecule has 0 heterocycles. The van der Waals surface area contributed by atoms with Gasteiger partial charge >= 0.3 is 0 Å². The van der Waals surface area contributed by atoms with Crippen molar-refractivity contribution in [2.24, 2.45) is 40.4 Å². The van der Waals surface area contributed by atoms with Gasteiger partial charge in [-0.3, -0.25) is 4.79 Å². The van der Waals surface area contributed by atoms with Crippen LogP contribution in [0.5, 0.6) is 11.5 Å². The van der Waals surface area contributed by atoms with Crippen molar-refractivity contribution < 1.29 is 24.5 Å². The summed E-state index contributed by atoms with van der Waals surface area (Å²) in [6, 6.07) is 3.65. The van der Waals surface area contributed by atoms with Crippen LogP contribution in [0.1, 0.15) is 114 Å². The van der Waals surface area contributed by atoms with Crippen LogP contribution in [-0.4, -0.2) is 42.4 Å². The van der Waals surface area contributed by atoms with E-state index >= 15 is 0 Å². The van der Waals surface area contributed by atoms with Gasteiger partial charge in [0, 0.05) is 18.4 Å². The lowest BCUT2D eigenvalue weighted by Gasteiger charge is -2.66. The van der Waals surface area contributed by atoms with Crippen LogP contribution in [0.2, 0.25) is 0 Å². The molecule has 1 aromatic carbocycles. The number of Topliss-reactive ketones (excluding diaryl/α,β-unsaturated/α-hetero) is 1. The van der Waals surface area contributed by atoms with Gasteiger partial charge in [-0.2, -0.15) is 0 Å². The summed E-state index contributed by atoms with van der Waals surface area (Å²) in [5, 5.41) is 22.9. The molecule has 0 aliphatic heterocycles. The Morgan fingerprint density at radius 1 is 1.17 bits per heavy atom. The zero-order chi connectivity index (χ0) is 30.6. The number of ketones is 1. The molecule has 1 aromatic rings. The van der Waals surface area contributed by atoms with Gasteiger partial charge in [0.25, 0.3) is 0 Å². The second-order valence-corrected chi connectivity index (χ2v) is 14.9. The van der Waals surface area contributed by atoms with E-state index in [0.717, 1.165) is 31.2 Å². The smallest absolute Gasteiger partial charge is 0.166 e. The molecule has 4 aliphatic carbocycles. The van der Waals surface area contributed by atoms with Crippen molar-refractivity contribution in [1.82, 2.24) is 0 Å². The number of fused-ring (bicyclic) bond motifs is 1. The van der Waals surface area contributed by atoms with Crippen LogP contribution in [0.3, 0.4) is 0 Å². The number of rotatable bonds is 8. The van der Waals surface area contributed by atoms with E-state index in [4.69, 9.17) is 9.47 Å². The summed E-state index contributed by atoms with van der Waals surface area (Å²) >= 11 is 0. The molecule has 5 rings (SSSR count). The molecule has 232 valence electrons. The highest BCUT2D eigenvalue weighted by Crippen LogP contribution is 2.67. The number of hydrogen-bond acceptors (Lipinski definition) is 5. The molecule has 42 heavy (non-hydrogen) atoms. The van der Waals surface area contributed by atoms with E-state index in [1.165, 1.54) is 30.4 Å². The largest absolute Gasteiger partial charge is 0.497 e. The number of aliphatic hydroxyl groups is 2. The summed E-state index contributed by atoms with van der Waals surface area (Å²) in [7, 11) is 3.18. The summed E-state index contributed by atoms with van der Waals surface area (Å²) in [5.74, 6) is 3.80. The zero-order valence-electron chi connectivity index (χ0n) is 27.0. The lowest BCUT2D eigenvalue weighted by Crippen LogP contribution is -2.61. The van der Waals surface area contributed by atoms with E-state index in [1.807, 2.05) is 12.1 Å². The van der Waals surface area contributed by atoms with E-state index in [9.17, 15) is 15.0 Å². The van der Waals surface area contributed by atoms with Gasteiger partial charge in [-0.25, -0.2) is 0 Å². The van der Waals surface area contributed by atoms with Crippen molar-refractivity contribution in [2.75, 3.05) is 14.2 Å². The van der Waals surface area contributed by atoms with Crippen LogP contribution in [0.25, 0.3) is 0 Å². The van der Waals surface area contributed by atoms with Crippen LogP contribution in [0.15, 0.2) is 35.9 Å². The molecule has 0 aromatic heterocycles. The van der Waals surface area contributed by atoms with Crippen molar-refractivity contribution in [3.8, 4) is 11.5 Å². The Kier molecular flexibility index (Phi) is 8.77. The number of aliphatic hydroxyl groups excluding tert-OH is 2. The lowest BCUT2D eigenvalue weighted by atomic mass is 9.39. The molecule has 5 heteroatoms. The maximum Gasteiger partial charge on any atom is 0.166 e. The number of allylic oxidation sites excluding steroid dienone is 2. The Balaban J connectivity index is 1.37. The fraction of sp³-hybridized carbons (Fsp3) is 0.703. The number of methoxy groups -OCH3 is 2. The molecule has 4 aliphatic rings. The summed E-state index contributed by atoms with van der Waals surface area (Å²) < 4.78 is 11.0. The predicted octanol–water partition coefficient (Wildman–Crippen LogP) is 7.89. The summed E-state index contributed by atoms with van der Waals surface area (Å²) in [5.41, 5.74) is 4.03. The van der Waals surface area contributed by atoms with Crippen LogP contribution in [0, 0.1) is 40.4 Å². The highest BCUT2D eigenvalue weighted by atomic mass is 16.5. The minimum atomic E-state index is -0.683. The van der Waals surface area contributed by atoms with Gasteiger partial charge < -0.3 is 19.7 Å². The standard InChI is InChI=1S/C37H54O5/c1-21(2)26-20-33(40)37(6)14-9-10-29-35(37)28(26)17-23(4)36(29,5)15-13-22(3)16-31(39)25-11-12-30(38)34-27(25)18-24(41-7)19-32(34)42-8/h16,18-19,23,25-26,28-29,31,33,35,39-40H,1,9-15,17,20H2,2-8H3/b22-16+/t23-,25-,26+,28+,29+,31+,33-,35-,36+,37-/m0/s1. The Labute approximate surface area is 253 Å². The third-order valence-corrected chi connectivity index (χ3v) is 12.7. The third-order valence-electron chi connectivity index (χ3n) is 12.7. The molecule has 0 radical (unpaired) electrons. The average Bonchev–Trinajstić information content (AvgIpc) is 2.95. The third kappa shape index (κ3) is 5.17. The highest BCUT2D eigenvalue weighted by molar-refractivity contribution is 6.01. The summed E-state index contributed by atoms with van der Waals surface area (Å²) in [4.78, 5) is 12.8. The maximum absolute atomic E-state index is 12.8. The quantitative estimate of drug-likeness (QED) is 0.307. The molecule has 2 N–H and O–H groups in total. The first kappa shape index (κ1) is 31.3. The molecular formula is C37H54O5. The molecule has 0 saturated heterocycles. The van der Waals surface area contributed by atoms with E-state index in [1.54, 1.807) is 20.3 Å². The minimum absolute atomic E-state index is 0.00404. The molecule has 3 fully saturated rings. The van der Waals surface area contributed by atoms with E-state index < -0.39 is 6.10 Å². The van der Waals surface area contributed by atoms with Gasteiger partial charge in [-0.05, 0) is 111 Å². The lowest BCUT2D eigenvalue weighted by molar-refractivity contribution is -0.193. The first-order valence-electron chi connectivity index (χ1n) is 16.3. The van der Waals surface area contributed by atoms with Gasteiger partial charge in [0.2, 0.25) is 0 Å². The topological polar surface area (TPSA) is 76.0 Å². The molecule has 0 unspecified atom stereocenters. The van der Waals surface area contributed by atoms with Crippen LogP contribution in [-0.2, 0) is 0 Å².